The number of methoxy groups -OCH3 is 1. The largest absolute Gasteiger partial charge is 0.494 e. The van der Waals surface area contributed by atoms with Crippen LogP contribution in [0.25, 0.3) is 22.2 Å². The minimum Gasteiger partial charge on any atom is -0.494 e. The molecule has 0 aliphatic rings. The number of fused-ring (bicyclic) bond motifs is 1. The van der Waals surface area contributed by atoms with Gasteiger partial charge in [0.05, 0.1) is 30.2 Å². The molecule has 0 saturated carbocycles. The van der Waals surface area contributed by atoms with Crippen LogP contribution in [0.1, 0.15) is 6.92 Å². The number of carbonyl (C=O) groups excluding carboxylic acids is 1. The third-order valence-corrected chi connectivity index (χ3v) is 6.60. The second-order valence-electron chi connectivity index (χ2n) is 9.13. The topological polar surface area (TPSA) is 100 Å². The zero-order valence-corrected chi connectivity index (χ0v) is 22.8. The van der Waals surface area contributed by atoms with Crippen LogP contribution < -0.4 is 20.3 Å². The average Bonchev–Trinajstić information content (AvgIpc) is 3.33. The number of anilines is 4. The van der Waals surface area contributed by atoms with Gasteiger partial charge in [0.1, 0.15) is 29.3 Å². The summed E-state index contributed by atoms with van der Waals surface area (Å²) < 4.78 is 23.5. The number of hydrogen-bond donors (Lipinski definition) is 2. The van der Waals surface area contributed by atoms with E-state index in [-0.39, 0.29) is 17.1 Å². The molecule has 1 amide bonds. The summed E-state index contributed by atoms with van der Waals surface area (Å²) in [4.78, 5) is 24.9. The van der Waals surface area contributed by atoms with Crippen LogP contribution in [0.2, 0.25) is 0 Å². The molecule has 0 spiro atoms. The molecule has 0 atom stereocenters. The molecule has 4 rings (SSSR count). The van der Waals surface area contributed by atoms with E-state index in [1.807, 2.05) is 44.2 Å². The summed E-state index contributed by atoms with van der Waals surface area (Å²) in [6.07, 6.45) is 4.30. The van der Waals surface area contributed by atoms with Gasteiger partial charge in [0.2, 0.25) is 5.91 Å². The van der Waals surface area contributed by atoms with E-state index in [0.29, 0.717) is 23.7 Å². The van der Waals surface area contributed by atoms with Crippen molar-refractivity contribution in [2.75, 3.05) is 56.4 Å². The number of amides is 1. The zero-order valence-electron chi connectivity index (χ0n) is 22.8. The van der Waals surface area contributed by atoms with Gasteiger partial charge < -0.3 is 25.2 Å². The van der Waals surface area contributed by atoms with Crippen LogP contribution in [0.3, 0.4) is 0 Å². The highest BCUT2D eigenvalue weighted by Crippen LogP contribution is 2.41. The van der Waals surface area contributed by atoms with Crippen LogP contribution in [-0.2, 0) is 11.8 Å². The number of halogens is 1. The second kappa shape index (κ2) is 11.9. The number of nitrogens with zero attached hydrogens (tertiary/aromatic N) is 6. The quantitative estimate of drug-likeness (QED) is 0.274. The molecule has 0 bridgehead atoms. The Labute approximate surface area is 227 Å². The van der Waals surface area contributed by atoms with Crippen molar-refractivity contribution in [2.24, 2.45) is 7.05 Å². The summed E-state index contributed by atoms with van der Waals surface area (Å²) in [6.45, 7) is 7.80. The third-order valence-electron chi connectivity index (χ3n) is 6.60. The van der Waals surface area contributed by atoms with Gasteiger partial charge in [0, 0.05) is 50.3 Å². The lowest BCUT2D eigenvalue weighted by molar-refractivity contribution is -0.111. The van der Waals surface area contributed by atoms with E-state index in [9.17, 15) is 4.79 Å². The van der Waals surface area contributed by atoms with Crippen LogP contribution in [-0.4, -0.2) is 71.4 Å². The first-order valence-corrected chi connectivity index (χ1v) is 12.5. The van der Waals surface area contributed by atoms with E-state index in [2.05, 4.69) is 44.1 Å². The lowest BCUT2D eigenvalue weighted by Gasteiger charge is -2.27. The van der Waals surface area contributed by atoms with Crippen LogP contribution in [0.15, 0.2) is 55.5 Å². The van der Waals surface area contributed by atoms with Crippen molar-refractivity contribution in [1.82, 2.24) is 24.6 Å². The summed E-state index contributed by atoms with van der Waals surface area (Å²) in [5.41, 5.74) is 2.99. The van der Waals surface area contributed by atoms with Crippen molar-refractivity contribution in [3.05, 3.63) is 61.3 Å². The fourth-order valence-corrected chi connectivity index (χ4v) is 4.10. The molecule has 0 fully saturated rings. The van der Waals surface area contributed by atoms with E-state index in [0.717, 1.165) is 35.6 Å². The van der Waals surface area contributed by atoms with Gasteiger partial charge in [0.25, 0.3) is 0 Å². The van der Waals surface area contributed by atoms with Crippen LogP contribution >= 0.6 is 0 Å². The molecule has 0 aliphatic heterocycles. The zero-order chi connectivity index (χ0) is 28.1. The number of likely N-dealkylation sites (N-methyl/N-ethyl adjacent to an activating group) is 2. The molecule has 10 nitrogen and oxygen atoms in total. The number of carbonyl (C=O) groups is 1. The first kappa shape index (κ1) is 27.5. The first-order valence-electron chi connectivity index (χ1n) is 12.5. The molecule has 39 heavy (non-hydrogen) atoms. The van der Waals surface area contributed by atoms with E-state index < -0.39 is 11.7 Å². The van der Waals surface area contributed by atoms with E-state index in [4.69, 9.17) is 4.74 Å². The minimum atomic E-state index is -0.688. The van der Waals surface area contributed by atoms with Crippen LogP contribution in [0.4, 0.5) is 27.3 Å². The maximum atomic E-state index is 16.1. The molecular weight excluding hydrogens is 499 g/mol. The molecule has 2 aromatic carbocycles. The van der Waals surface area contributed by atoms with Crippen molar-refractivity contribution >= 4 is 39.7 Å². The highest BCUT2D eigenvalue weighted by Gasteiger charge is 2.23. The molecule has 11 heteroatoms. The number of ether oxygens (including phenoxy) is 1. The Bertz CT molecular complexity index is 1500. The summed E-state index contributed by atoms with van der Waals surface area (Å²) in [6, 6.07) is 9.31. The van der Waals surface area contributed by atoms with Crippen molar-refractivity contribution in [3.63, 3.8) is 0 Å². The molecule has 0 aliphatic carbocycles. The lowest BCUT2D eigenvalue weighted by Crippen LogP contribution is -2.31. The highest BCUT2D eigenvalue weighted by atomic mass is 19.1. The van der Waals surface area contributed by atoms with E-state index >= 15 is 4.39 Å². The Morgan fingerprint density at radius 1 is 1.18 bits per heavy atom. The average molecular weight is 533 g/mol. The summed E-state index contributed by atoms with van der Waals surface area (Å²) in [7, 11) is 7.18. The monoisotopic (exact) mass is 532 g/mol. The third kappa shape index (κ3) is 5.99. The van der Waals surface area contributed by atoms with Crippen molar-refractivity contribution in [2.45, 2.75) is 6.92 Å². The maximum Gasteiger partial charge on any atom is 0.247 e. The fourth-order valence-electron chi connectivity index (χ4n) is 4.10. The van der Waals surface area contributed by atoms with Crippen molar-refractivity contribution in [1.29, 1.82) is 0 Å². The van der Waals surface area contributed by atoms with Gasteiger partial charge >= 0.3 is 0 Å². The highest BCUT2D eigenvalue weighted by molar-refractivity contribution is 6.02. The predicted molar refractivity (Wildman–Crippen MR) is 153 cm³/mol. The summed E-state index contributed by atoms with van der Waals surface area (Å²) in [5.74, 6) is -0.604. The number of nitrogens with one attached hydrogen (secondary N) is 2. The molecule has 0 unspecified atom stereocenters. The van der Waals surface area contributed by atoms with Gasteiger partial charge in [0.15, 0.2) is 5.82 Å². The molecule has 2 N–H and O–H groups in total. The number of hydrogen-bond acceptors (Lipinski definition) is 8. The molecular formula is C28H33FN8O2. The molecule has 0 saturated heterocycles. The smallest absolute Gasteiger partial charge is 0.247 e. The van der Waals surface area contributed by atoms with Gasteiger partial charge in [-0.1, -0.05) is 25.6 Å². The van der Waals surface area contributed by atoms with Gasteiger partial charge in [-0.25, -0.2) is 14.4 Å². The molecule has 2 aromatic heterocycles. The van der Waals surface area contributed by atoms with E-state index in [1.54, 1.807) is 23.0 Å². The lowest BCUT2D eigenvalue weighted by atomic mass is 10.1. The Balaban J connectivity index is 1.72. The summed E-state index contributed by atoms with van der Waals surface area (Å²) in [5, 5.41) is 11.0. The standard InChI is InChI=1S/C28H33FN8O2/c1-7-25(38)34-27-22(36(4)12-11-35(3)8-2)15-23(39-6)28(26(27)29)33-24-14-20(30-17-31-24)18-9-10-19-16-32-37(5)21(19)13-18/h7,9-10,13-17H,1,8,11-12H2,2-6H3,(H,34,38)(H,30,31,33). The predicted octanol–water partition coefficient (Wildman–Crippen LogP) is 4.43. The van der Waals surface area contributed by atoms with E-state index in [1.165, 1.54) is 13.4 Å². The van der Waals surface area contributed by atoms with Crippen LogP contribution in [0, 0.1) is 5.82 Å². The van der Waals surface area contributed by atoms with Gasteiger partial charge in [-0.2, -0.15) is 5.10 Å². The Morgan fingerprint density at radius 3 is 2.69 bits per heavy atom. The van der Waals surface area contributed by atoms with Crippen LogP contribution in [0.5, 0.6) is 5.75 Å². The van der Waals surface area contributed by atoms with Gasteiger partial charge in [-0.05, 0) is 25.7 Å². The minimum absolute atomic E-state index is 0.0146. The normalized spacial score (nSPS) is 11.1. The van der Waals surface area contributed by atoms with Gasteiger partial charge in [-0.3, -0.25) is 9.48 Å². The molecule has 2 heterocycles. The first-order chi connectivity index (χ1) is 18.7. The van der Waals surface area contributed by atoms with Gasteiger partial charge in [-0.15, -0.1) is 0 Å². The second-order valence-corrected chi connectivity index (χ2v) is 9.13. The maximum absolute atomic E-state index is 16.1. The Morgan fingerprint density at radius 2 is 1.97 bits per heavy atom. The number of aromatic nitrogens is 4. The van der Waals surface area contributed by atoms with Crippen molar-refractivity contribution < 1.29 is 13.9 Å². The fraction of sp³-hybridized carbons (Fsp3) is 0.286. The van der Waals surface area contributed by atoms with Crippen molar-refractivity contribution in [3.8, 4) is 17.0 Å². The molecule has 4 aromatic rings. The number of benzene rings is 2. The molecule has 0 radical (unpaired) electrons. The molecule has 204 valence electrons. The number of rotatable bonds is 11. The number of aryl methyl sites for hydroxylation is 1. The Kier molecular flexibility index (Phi) is 8.40. The summed E-state index contributed by atoms with van der Waals surface area (Å²) >= 11 is 0. The Hall–Kier alpha value is -4.51. The SMILES string of the molecule is C=CC(=O)Nc1c(N(C)CCN(C)CC)cc(OC)c(Nc2cc(-c3ccc4cnn(C)c4c3)ncn2)c1F.